The Morgan fingerprint density at radius 1 is 1.23 bits per heavy atom. The third-order valence-electron chi connectivity index (χ3n) is 5.45. The molecular formula is C22H30N4O4S. The van der Waals surface area contributed by atoms with Gasteiger partial charge in [-0.2, -0.15) is 0 Å². The number of nitrogens with one attached hydrogen (secondary N) is 1. The van der Waals surface area contributed by atoms with Gasteiger partial charge in [0.1, 0.15) is 0 Å². The summed E-state index contributed by atoms with van der Waals surface area (Å²) in [6.45, 7) is 5.53. The summed E-state index contributed by atoms with van der Waals surface area (Å²) in [6, 6.07) is 10.4. The van der Waals surface area contributed by atoms with Crippen LogP contribution in [0.25, 0.3) is 0 Å². The summed E-state index contributed by atoms with van der Waals surface area (Å²) in [5, 5.41) is 8.11. The smallest absolute Gasteiger partial charge is 0.238 e. The topological polar surface area (TPSA) is 115 Å². The van der Waals surface area contributed by atoms with Crippen LogP contribution in [-0.4, -0.2) is 50.5 Å². The molecule has 1 amide bonds. The van der Waals surface area contributed by atoms with Gasteiger partial charge in [0.05, 0.1) is 11.5 Å². The summed E-state index contributed by atoms with van der Waals surface area (Å²) in [5.41, 5.74) is 2.02. The van der Waals surface area contributed by atoms with Gasteiger partial charge < -0.3 is 10.1 Å². The number of rotatable bonds is 9. The van der Waals surface area contributed by atoms with Crippen LogP contribution in [0.5, 0.6) is 5.88 Å². The van der Waals surface area contributed by atoms with Crippen LogP contribution >= 0.6 is 0 Å². The van der Waals surface area contributed by atoms with Crippen molar-refractivity contribution in [3.63, 3.8) is 0 Å². The summed E-state index contributed by atoms with van der Waals surface area (Å²) < 4.78 is 28.2. The van der Waals surface area contributed by atoms with Crippen molar-refractivity contribution in [2.75, 3.05) is 26.2 Å². The van der Waals surface area contributed by atoms with E-state index < -0.39 is 10.0 Å². The first-order chi connectivity index (χ1) is 14.9. The molecule has 0 saturated carbocycles. The average molecular weight is 447 g/mol. The fourth-order valence-electron chi connectivity index (χ4n) is 3.73. The molecule has 168 valence electrons. The Bertz CT molecular complexity index is 971. The highest BCUT2D eigenvalue weighted by Gasteiger charge is 2.25. The van der Waals surface area contributed by atoms with Gasteiger partial charge in [0.2, 0.25) is 21.8 Å². The summed E-state index contributed by atoms with van der Waals surface area (Å²) in [4.78, 5) is 19.2. The number of nitrogens with zero attached hydrogens (tertiary/aromatic N) is 2. The van der Waals surface area contributed by atoms with Crippen molar-refractivity contribution in [3.8, 4) is 5.88 Å². The van der Waals surface area contributed by atoms with E-state index in [4.69, 9.17) is 9.88 Å². The number of ether oxygens (including phenoxy) is 1. The number of sulfonamides is 1. The highest BCUT2D eigenvalue weighted by Crippen LogP contribution is 2.22. The van der Waals surface area contributed by atoms with Crippen molar-refractivity contribution in [2.45, 2.75) is 37.6 Å². The lowest BCUT2D eigenvalue weighted by Gasteiger charge is -2.31. The molecule has 3 rings (SSSR count). The quantitative estimate of drug-likeness (QED) is 0.606. The first-order valence-corrected chi connectivity index (χ1v) is 12.1. The lowest BCUT2D eigenvalue weighted by molar-refractivity contribution is -0.126. The van der Waals surface area contributed by atoms with E-state index in [1.54, 1.807) is 18.3 Å². The van der Waals surface area contributed by atoms with Gasteiger partial charge in [-0.05, 0) is 63.0 Å². The second-order valence-corrected chi connectivity index (χ2v) is 9.24. The zero-order valence-electron chi connectivity index (χ0n) is 17.8. The van der Waals surface area contributed by atoms with Crippen molar-refractivity contribution in [1.82, 2.24) is 15.2 Å². The van der Waals surface area contributed by atoms with Gasteiger partial charge in [-0.25, -0.2) is 18.5 Å². The van der Waals surface area contributed by atoms with Gasteiger partial charge in [-0.1, -0.05) is 18.2 Å². The number of amides is 1. The van der Waals surface area contributed by atoms with E-state index in [2.05, 4.69) is 15.2 Å². The summed E-state index contributed by atoms with van der Waals surface area (Å²) >= 11 is 0. The molecular weight excluding hydrogens is 416 g/mol. The van der Waals surface area contributed by atoms with Crippen molar-refractivity contribution in [2.24, 2.45) is 11.1 Å². The predicted molar refractivity (Wildman–Crippen MR) is 118 cm³/mol. The van der Waals surface area contributed by atoms with Crippen LogP contribution in [-0.2, 0) is 27.8 Å². The molecule has 31 heavy (non-hydrogen) atoms. The van der Waals surface area contributed by atoms with Crippen molar-refractivity contribution >= 4 is 15.9 Å². The second kappa shape index (κ2) is 10.7. The summed E-state index contributed by atoms with van der Waals surface area (Å²) in [6.07, 6.45) is 4.01. The van der Waals surface area contributed by atoms with Crippen LogP contribution in [0.2, 0.25) is 0 Å². The third-order valence-corrected chi connectivity index (χ3v) is 6.38. The predicted octanol–water partition coefficient (Wildman–Crippen LogP) is 1.70. The molecule has 0 spiro atoms. The Morgan fingerprint density at radius 3 is 2.58 bits per heavy atom. The number of aromatic nitrogens is 1. The summed E-state index contributed by atoms with van der Waals surface area (Å²) in [5.74, 6) is 0.778. The highest BCUT2D eigenvalue weighted by atomic mass is 32.2. The van der Waals surface area contributed by atoms with Crippen LogP contribution in [0.15, 0.2) is 47.5 Å². The minimum absolute atomic E-state index is 0.0151. The number of piperidine rings is 1. The van der Waals surface area contributed by atoms with Gasteiger partial charge in [-0.15, -0.1) is 0 Å². The Balaban J connectivity index is 1.41. The van der Waals surface area contributed by atoms with Crippen molar-refractivity contribution in [1.29, 1.82) is 0 Å². The fourth-order valence-corrected chi connectivity index (χ4v) is 4.24. The number of pyridine rings is 1. The number of benzene rings is 1. The monoisotopic (exact) mass is 446 g/mol. The molecule has 8 nitrogen and oxygen atoms in total. The van der Waals surface area contributed by atoms with E-state index in [9.17, 15) is 13.2 Å². The highest BCUT2D eigenvalue weighted by molar-refractivity contribution is 7.89. The SMILES string of the molecule is CCOc1ncccc1CN1CCC(C(=O)NCCc2ccc(S(N)(=O)=O)cc2)CC1. The standard InChI is InChI=1S/C22H30N4O4S/c1-2-30-22-19(4-3-12-25-22)16-26-14-10-18(11-15-26)21(27)24-13-9-17-5-7-20(8-6-17)31(23,28)29/h3-8,12,18H,2,9-11,13-16H2,1H3,(H,24,27)(H2,23,28,29). The first-order valence-electron chi connectivity index (χ1n) is 10.6. The molecule has 0 aliphatic carbocycles. The summed E-state index contributed by atoms with van der Waals surface area (Å²) in [7, 11) is -3.68. The number of carbonyl (C=O) groups is 1. The molecule has 1 saturated heterocycles. The number of primary sulfonamides is 1. The number of hydrogen-bond acceptors (Lipinski definition) is 6. The molecule has 9 heteroatoms. The van der Waals surface area contributed by atoms with E-state index >= 15 is 0 Å². The molecule has 0 bridgehead atoms. The van der Waals surface area contributed by atoms with Crippen LogP contribution in [0.1, 0.15) is 30.9 Å². The van der Waals surface area contributed by atoms with E-state index in [1.165, 1.54) is 12.1 Å². The minimum atomic E-state index is -3.68. The molecule has 0 atom stereocenters. The number of nitrogens with two attached hydrogens (primary N) is 1. The van der Waals surface area contributed by atoms with E-state index in [0.717, 1.165) is 43.6 Å². The molecule has 2 heterocycles. The molecule has 0 radical (unpaired) electrons. The normalized spacial score (nSPS) is 15.5. The molecule has 0 unspecified atom stereocenters. The van der Waals surface area contributed by atoms with Gasteiger partial charge in [0.25, 0.3) is 0 Å². The molecule has 1 aliphatic heterocycles. The largest absolute Gasteiger partial charge is 0.478 e. The Labute approximate surface area is 183 Å². The van der Waals surface area contributed by atoms with Crippen LogP contribution in [0.3, 0.4) is 0 Å². The van der Waals surface area contributed by atoms with Gasteiger partial charge in [0.15, 0.2) is 0 Å². The van der Waals surface area contributed by atoms with Gasteiger partial charge >= 0.3 is 0 Å². The molecule has 1 aliphatic rings. The number of likely N-dealkylation sites (tertiary alicyclic amines) is 1. The maximum atomic E-state index is 12.5. The lowest BCUT2D eigenvalue weighted by atomic mass is 9.95. The zero-order valence-corrected chi connectivity index (χ0v) is 18.6. The third kappa shape index (κ3) is 6.75. The maximum absolute atomic E-state index is 12.5. The first kappa shape index (κ1) is 23.2. The second-order valence-electron chi connectivity index (χ2n) is 7.68. The molecule has 1 aromatic carbocycles. The van der Waals surface area contributed by atoms with Crippen LogP contribution in [0.4, 0.5) is 0 Å². The molecule has 2 aromatic rings. The molecule has 3 N–H and O–H groups in total. The van der Waals surface area contributed by atoms with Crippen molar-refractivity contribution in [3.05, 3.63) is 53.7 Å². The Hall–Kier alpha value is -2.49. The minimum Gasteiger partial charge on any atom is -0.478 e. The van der Waals surface area contributed by atoms with E-state index in [0.29, 0.717) is 25.5 Å². The fraction of sp³-hybridized carbons (Fsp3) is 0.455. The molecule has 1 fully saturated rings. The van der Waals surface area contributed by atoms with Crippen molar-refractivity contribution < 1.29 is 17.9 Å². The Morgan fingerprint density at radius 2 is 1.94 bits per heavy atom. The average Bonchev–Trinajstić information content (AvgIpc) is 2.75. The Kier molecular flexibility index (Phi) is 8.00. The van der Waals surface area contributed by atoms with Crippen LogP contribution < -0.4 is 15.2 Å². The number of carbonyl (C=O) groups excluding carboxylic acids is 1. The lowest BCUT2D eigenvalue weighted by Crippen LogP contribution is -2.40. The zero-order chi connectivity index (χ0) is 22.3. The van der Waals surface area contributed by atoms with E-state index in [1.807, 2.05) is 19.1 Å². The molecule has 1 aromatic heterocycles. The van der Waals surface area contributed by atoms with Crippen LogP contribution in [0, 0.1) is 5.92 Å². The van der Waals surface area contributed by atoms with Gasteiger partial charge in [0, 0.05) is 30.8 Å². The van der Waals surface area contributed by atoms with Gasteiger partial charge in [-0.3, -0.25) is 9.69 Å². The number of hydrogen-bond donors (Lipinski definition) is 2. The maximum Gasteiger partial charge on any atom is 0.238 e. The van der Waals surface area contributed by atoms with E-state index in [-0.39, 0.29) is 16.7 Å².